The summed E-state index contributed by atoms with van der Waals surface area (Å²) in [5, 5.41) is 15.7. The van der Waals surface area contributed by atoms with Gasteiger partial charge in [0.2, 0.25) is 0 Å². The number of aromatic nitrogens is 2. The van der Waals surface area contributed by atoms with Gasteiger partial charge in [0.05, 0.1) is 16.9 Å². The second-order valence-corrected chi connectivity index (χ2v) is 5.67. The second kappa shape index (κ2) is 4.99. The monoisotopic (exact) mass is 278 g/mol. The molecule has 19 heavy (non-hydrogen) atoms. The van der Waals surface area contributed by atoms with Crippen molar-refractivity contribution in [1.29, 1.82) is 0 Å². The van der Waals surface area contributed by atoms with Crippen molar-refractivity contribution in [2.75, 3.05) is 0 Å². The summed E-state index contributed by atoms with van der Waals surface area (Å²) in [7, 11) is 0. The van der Waals surface area contributed by atoms with Crippen LogP contribution in [-0.4, -0.2) is 14.9 Å². The lowest BCUT2D eigenvalue weighted by atomic mass is 9.89. The summed E-state index contributed by atoms with van der Waals surface area (Å²) in [4.78, 5) is 0. The molecule has 1 unspecified atom stereocenters. The molecule has 1 aromatic heterocycles. The zero-order valence-corrected chi connectivity index (χ0v) is 12.4. The van der Waals surface area contributed by atoms with Gasteiger partial charge in [0, 0.05) is 6.04 Å². The summed E-state index contributed by atoms with van der Waals surface area (Å²) < 4.78 is 1.77. The molecule has 1 aromatic carbocycles. The fourth-order valence-corrected chi connectivity index (χ4v) is 2.75. The summed E-state index contributed by atoms with van der Waals surface area (Å²) in [6.07, 6.45) is 1.59. The van der Waals surface area contributed by atoms with Gasteiger partial charge < -0.3 is 5.11 Å². The van der Waals surface area contributed by atoms with Crippen LogP contribution in [0.3, 0.4) is 0 Å². The lowest BCUT2D eigenvalue weighted by Crippen LogP contribution is -2.29. The number of hydrogen-bond acceptors (Lipinski definition) is 2. The van der Waals surface area contributed by atoms with E-state index in [4.69, 9.17) is 11.6 Å². The third-order valence-corrected chi connectivity index (χ3v) is 3.65. The quantitative estimate of drug-likeness (QED) is 0.930. The fourth-order valence-electron chi connectivity index (χ4n) is 2.43. The zero-order chi connectivity index (χ0) is 14.2. The van der Waals surface area contributed by atoms with Crippen LogP contribution in [0.4, 0.5) is 0 Å². The highest BCUT2D eigenvalue weighted by Gasteiger charge is 2.34. The van der Waals surface area contributed by atoms with Crippen molar-refractivity contribution in [2.24, 2.45) is 0 Å². The lowest BCUT2D eigenvalue weighted by molar-refractivity contribution is 0.0895. The van der Waals surface area contributed by atoms with Crippen LogP contribution in [-0.2, 0) is 5.60 Å². The first-order valence-electron chi connectivity index (χ1n) is 6.37. The summed E-state index contributed by atoms with van der Waals surface area (Å²) in [6.45, 7) is 7.77. The molecule has 2 rings (SSSR count). The Morgan fingerprint density at radius 3 is 2.53 bits per heavy atom. The Balaban J connectivity index is 2.63. The SMILES string of the molecule is Cc1ccccc1C(C)(O)c1c(Cl)cnn1C(C)C. The van der Waals surface area contributed by atoms with Crippen LogP contribution in [0.5, 0.6) is 0 Å². The van der Waals surface area contributed by atoms with Crippen LogP contribution in [0.15, 0.2) is 30.5 Å². The third-order valence-electron chi connectivity index (χ3n) is 3.37. The van der Waals surface area contributed by atoms with Gasteiger partial charge in [-0.2, -0.15) is 5.10 Å². The molecule has 0 spiro atoms. The van der Waals surface area contributed by atoms with Crippen molar-refractivity contribution in [3.8, 4) is 0 Å². The number of aliphatic hydroxyl groups is 1. The number of aryl methyl sites for hydroxylation is 1. The minimum Gasteiger partial charge on any atom is -0.379 e. The number of hydrogen-bond donors (Lipinski definition) is 1. The molecule has 0 amide bonds. The first kappa shape index (κ1) is 14.1. The van der Waals surface area contributed by atoms with Crippen LogP contribution in [0.25, 0.3) is 0 Å². The molecule has 1 atom stereocenters. The van der Waals surface area contributed by atoms with Gasteiger partial charge in [-0.25, -0.2) is 0 Å². The van der Waals surface area contributed by atoms with Gasteiger partial charge in [0.15, 0.2) is 0 Å². The van der Waals surface area contributed by atoms with E-state index >= 15 is 0 Å². The summed E-state index contributed by atoms with van der Waals surface area (Å²) in [6, 6.07) is 7.91. The Bertz CT molecular complexity index is 588. The van der Waals surface area contributed by atoms with Crippen molar-refractivity contribution < 1.29 is 5.11 Å². The molecule has 0 aliphatic carbocycles. The maximum atomic E-state index is 11.0. The van der Waals surface area contributed by atoms with Gasteiger partial charge in [0.25, 0.3) is 0 Å². The van der Waals surface area contributed by atoms with Crippen LogP contribution >= 0.6 is 11.6 Å². The summed E-state index contributed by atoms with van der Waals surface area (Å²) in [5.41, 5.74) is 1.35. The maximum Gasteiger partial charge on any atom is 0.130 e. The molecule has 0 aliphatic heterocycles. The molecule has 0 radical (unpaired) electrons. The van der Waals surface area contributed by atoms with Gasteiger partial charge >= 0.3 is 0 Å². The fraction of sp³-hybridized carbons (Fsp3) is 0.400. The molecular weight excluding hydrogens is 260 g/mol. The van der Waals surface area contributed by atoms with Crippen LogP contribution in [0, 0.1) is 6.92 Å². The molecule has 3 nitrogen and oxygen atoms in total. The first-order chi connectivity index (χ1) is 8.85. The van der Waals surface area contributed by atoms with Crippen molar-refractivity contribution in [1.82, 2.24) is 9.78 Å². The normalized spacial score (nSPS) is 14.7. The highest BCUT2D eigenvalue weighted by Crippen LogP contribution is 2.36. The predicted molar refractivity (Wildman–Crippen MR) is 77.5 cm³/mol. The van der Waals surface area contributed by atoms with Crippen LogP contribution < -0.4 is 0 Å². The molecule has 4 heteroatoms. The van der Waals surface area contributed by atoms with E-state index in [0.29, 0.717) is 10.7 Å². The highest BCUT2D eigenvalue weighted by molar-refractivity contribution is 6.31. The maximum absolute atomic E-state index is 11.0. The molecule has 0 saturated heterocycles. The number of halogens is 1. The van der Waals surface area contributed by atoms with Crippen molar-refractivity contribution in [2.45, 2.75) is 39.3 Å². The smallest absolute Gasteiger partial charge is 0.130 e. The molecule has 0 fully saturated rings. The molecule has 0 aliphatic rings. The van der Waals surface area contributed by atoms with E-state index in [1.165, 1.54) is 0 Å². The number of benzene rings is 1. The van der Waals surface area contributed by atoms with Gasteiger partial charge in [-0.05, 0) is 38.8 Å². The van der Waals surface area contributed by atoms with Crippen molar-refractivity contribution >= 4 is 11.6 Å². The Labute approximate surface area is 118 Å². The third kappa shape index (κ3) is 2.40. The molecule has 102 valence electrons. The van der Waals surface area contributed by atoms with Gasteiger partial charge in [-0.3, -0.25) is 4.68 Å². The second-order valence-electron chi connectivity index (χ2n) is 5.27. The van der Waals surface area contributed by atoms with E-state index in [1.807, 2.05) is 45.0 Å². The molecule has 0 saturated carbocycles. The van der Waals surface area contributed by atoms with Crippen molar-refractivity contribution in [3.63, 3.8) is 0 Å². The van der Waals surface area contributed by atoms with Gasteiger partial charge in [0.1, 0.15) is 5.60 Å². The minimum atomic E-state index is -1.16. The largest absolute Gasteiger partial charge is 0.379 e. The van der Waals surface area contributed by atoms with E-state index in [0.717, 1.165) is 11.1 Å². The first-order valence-corrected chi connectivity index (χ1v) is 6.75. The Kier molecular flexibility index (Phi) is 3.70. The van der Waals surface area contributed by atoms with Crippen molar-refractivity contribution in [3.05, 3.63) is 52.3 Å². The average molecular weight is 279 g/mol. The number of rotatable bonds is 3. The van der Waals surface area contributed by atoms with E-state index in [9.17, 15) is 5.11 Å². The average Bonchev–Trinajstić information content (AvgIpc) is 2.72. The highest BCUT2D eigenvalue weighted by atomic mass is 35.5. The zero-order valence-electron chi connectivity index (χ0n) is 11.7. The Hall–Kier alpha value is -1.32. The van der Waals surface area contributed by atoms with E-state index in [2.05, 4.69) is 5.10 Å². The Morgan fingerprint density at radius 2 is 1.95 bits per heavy atom. The molecule has 1 N–H and O–H groups in total. The molecule has 1 heterocycles. The van der Waals surface area contributed by atoms with E-state index in [-0.39, 0.29) is 6.04 Å². The molecule has 2 aromatic rings. The lowest BCUT2D eigenvalue weighted by Gasteiger charge is -2.28. The minimum absolute atomic E-state index is 0.137. The topological polar surface area (TPSA) is 38.1 Å². The van der Waals surface area contributed by atoms with Gasteiger partial charge in [-0.1, -0.05) is 35.9 Å². The summed E-state index contributed by atoms with van der Waals surface area (Å²) in [5.74, 6) is 0. The van der Waals surface area contributed by atoms with Crippen LogP contribution in [0.1, 0.15) is 43.6 Å². The van der Waals surface area contributed by atoms with E-state index in [1.54, 1.807) is 17.8 Å². The predicted octanol–water partition coefficient (Wildman–Crippen LogP) is 3.68. The standard InChI is InChI=1S/C15H19ClN2O/c1-10(2)18-14(13(16)9-17-18)15(4,19)12-8-6-5-7-11(12)3/h5-10,19H,1-4H3. The Morgan fingerprint density at radius 1 is 1.32 bits per heavy atom. The van der Waals surface area contributed by atoms with Crippen LogP contribution in [0.2, 0.25) is 5.02 Å². The van der Waals surface area contributed by atoms with E-state index < -0.39 is 5.60 Å². The number of nitrogens with zero attached hydrogens (tertiary/aromatic N) is 2. The van der Waals surface area contributed by atoms with Gasteiger partial charge in [-0.15, -0.1) is 0 Å². The molecular formula is C15H19ClN2O. The molecule has 0 bridgehead atoms. The summed E-state index contributed by atoms with van der Waals surface area (Å²) >= 11 is 6.23.